The van der Waals surface area contributed by atoms with E-state index in [0.717, 1.165) is 54.6 Å². The standard InChI is InChI=1S/C31H42N2/c1-5-9-11-13-21-29-28(20-12-10-6-2)30(26-18-14-16-24(7-3)22-26)33(32)31(29)27-19-15-17-25(8-4)23-27/h14-19,22-23H,5-13,20-21H2,1-4H3. The van der Waals surface area contributed by atoms with Crippen molar-refractivity contribution >= 4 is 11.4 Å². The monoisotopic (exact) mass is 442 g/mol. The van der Waals surface area contributed by atoms with E-state index in [-0.39, 0.29) is 0 Å². The van der Waals surface area contributed by atoms with Crippen molar-refractivity contribution in [3.05, 3.63) is 87.5 Å². The Morgan fingerprint density at radius 2 is 1.06 bits per heavy atom. The van der Waals surface area contributed by atoms with Crippen LogP contribution < -0.4 is 0 Å². The van der Waals surface area contributed by atoms with Gasteiger partial charge in [-0.1, -0.05) is 84.1 Å². The Morgan fingerprint density at radius 1 is 0.606 bits per heavy atom. The van der Waals surface area contributed by atoms with E-state index in [1.54, 1.807) is 0 Å². The summed E-state index contributed by atoms with van der Waals surface area (Å²) in [7, 11) is 0. The first kappa shape index (κ1) is 25.1. The van der Waals surface area contributed by atoms with Gasteiger partial charge in [-0.15, -0.1) is 0 Å². The fourth-order valence-electron chi connectivity index (χ4n) is 4.94. The highest BCUT2D eigenvalue weighted by Gasteiger charge is 2.35. The summed E-state index contributed by atoms with van der Waals surface area (Å²) in [5.41, 5.74) is 21.3. The summed E-state index contributed by atoms with van der Waals surface area (Å²) in [6, 6.07) is 17.5. The van der Waals surface area contributed by atoms with E-state index in [4.69, 9.17) is 0 Å². The molecular weight excluding hydrogens is 400 g/mol. The van der Waals surface area contributed by atoms with Crippen molar-refractivity contribution in [1.82, 2.24) is 0 Å². The Hall–Kier alpha value is -2.48. The number of allylic oxidation sites excluding steroid dienone is 2. The average molecular weight is 443 g/mol. The van der Waals surface area contributed by atoms with Crippen molar-refractivity contribution in [2.45, 2.75) is 98.3 Å². The average Bonchev–Trinajstić information content (AvgIpc) is 3.13. The number of benzene rings is 2. The minimum atomic E-state index is 1.00. The Balaban J connectivity index is 2.12. The van der Waals surface area contributed by atoms with E-state index >= 15 is 0 Å². The van der Waals surface area contributed by atoms with Crippen LogP contribution in [0.2, 0.25) is 0 Å². The minimum absolute atomic E-state index is 1.00. The first-order chi connectivity index (χ1) is 16.1. The normalized spacial score (nSPS) is 14.0. The van der Waals surface area contributed by atoms with Gasteiger partial charge < -0.3 is 5.53 Å². The number of hydrogen-bond donors (Lipinski definition) is 0. The van der Waals surface area contributed by atoms with E-state index in [9.17, 15) is 5.53 Å². The van der Waals surface area contributed by atoms with Gasteiger partial charge in [0.25, 0.3) is 0 Å². The Morgan fingerprint density at radius 3 is 1.52 bits per heavy atom. The summed E-state index contributed by atoms with van der Waals surface area (Å²) in [4.78, 5) is 0. The molecule has 0 atom stereocenters. The van der Waals surface area contributed by atoms with Crippen LogP contribution in [0, 0.1) is 0 Å². The number of hydrogen-bond acceptors (Lipinski definition) is 0. The van der Waals surface area contributed by atoms with Crippen LogP contribution in [0.25, 0.3) is 16.9 Å². The van der Waals surface area contributed by atoms with Gasteiger partial charge in [0.15, 0.2) is 0 Å². The van der Waals surface area contributed by atoms with Gasteiger partial charge in [-0.3, -0.25) is 0 Å². The molecule has 0 fully saturated rings. The molecule has 2 nitrogen and oxygen atoms in total. The number of nitrogens with zero attached hydrogens (tertiary/aromatic N) is 2. The van der Waals surface area contributed by atoms with E-state index in [0.29, 0.717) is 0 Å². The molecule has 2 aromatic carbocycles. The Bertz CT molecular complexity index is 1010. The fourth-order valence-corrected chi connectivity index (χ4v) is 4.94. The maximum atomic E-state index is 11.7. The topological polar surface area (TPSA) is 25.3 Å². The van der Waals surface area contributed by atoms with Crippen molar-refractivity contribution in [3.63, 3.8) is 0 Å². The second-order valence-electron chi connectivity index (χ2n) is 9.34. The zero-order valence-corrected chi connectivity index (χ0v) is 21.3. The Labute approximate surface area is 201 Å². The third-order valence-corrected chi connectivity index (χ3v) is 6.89. The van der Waals surface area contributed by atoms with E-state index in [2.05, 4.69) is 76.2 Å². The van der Waals surface area contributed by atoms with E-state index < -0.39 is 0 Å². The number of rotatable bonds is 13. The second kappa shape index (κ2) is 12.7. The number of aryl methyl sites for hydroxylation is 2. The molecule has 176 valence electrons. The highest BCUT2D eigenvalue weighted by atomic mass is 15.2. The molecule has 0 bridgehead atoms. The molecule has 1 aliphatic rings. The predicted octanol–water partition coefficient (Wildman–Crippen LogP) is 9.53. The van der Waals surface area contributed by atoms with Crippen molar-refractivity contribution in [1.29, 1.82) is 0 Å². The van der Waals surface area contributed by atoms with E-state index in [1.165, 1.54) is 65.5 Å². The van der Waals surface area contributed by atoms with Crippen LogP contribution >= 0.6 is 0 Å². The van der Waals surface area contributed by atoms with Crippen LogP contribution in [0.4, 0.5) is 0 Å². The van der Waals surface area contributed by atoms with Crippen LogP contribution in [-0.2, 0) is 12.8 Å². The molecule has 0 unspecified atom stereocenters. The molecule has 0 aromatic heterocycles. The molecule has 0 saturated carbocycles. The molecule has 0 radical (unpaired) electrons. The third kappa shape index (κ3) is 6.10. The molecule has 0 aliphatic carbocycles. The fraction of sp³-hybridized carbons (Fsp3) is 0.484. The highest BCUT2D eigenvalue weighted by molar-refractivity contribution is 5.82. The van der Waals surface area contributed by atoms with E-state index in [1.807, 2.05) is 0 Å². The zero-order valence-electron chi connectivity index (χ0n) is 21.3. The molecule has 0 N–H and O–H groups in total. The molecule has 0 amide bonds. The van der Waals surface area contributed by atoms with Crippen LogP contribution in [0.15, 0.2) is 59.7 Å². The van der Waals surface area contributed by atoms with Gasteiger partial charge in [0, 0.05) is 22.3 Å². The summed E-state index contributed by atoms with van der Waals surface area (Å²) in [5, 5.41) is 0. The lowest BCUT2D eigenvalue weighted by Crippen LogP contribution is -2.03. The Kier molecular flexibility index (Phi) is 9.66. The first-order valence-electron chi connectivity index (χ1n) is 13.3. The highest BCUT2D eigenvalue weighted by Crippen LogP contribution is 2.44. The van der Waals surface area contributed by atoms with Crippen LogP contribution in [0.5, 0.6) is 0 Å². The molecule has 0 saturated heterocycles. The van der Waals surface area contributed by atoms with Crippen molar-refractivity contribution in [2.75, 3.05) is 0 Å². The maximum absolute atomic E-state index is 11.7. The van der Waals surface area contributed by atoms with Crippen LogP contribution in [0.3, 0.4) is 0 Å². The minimum Gasteiger partial charge on any atom is -0.493 e. The van der Waals surface area contributed by atoms with Gasteiger partial charge in [0.1, 0.15) is 0 Å². The lowest BCUT2D eigenvalue weighted by molar-refractivity contribution is -0.345. The summed E-state index contributed by atoms with van der Waals surface area (Å²) < 4.78 is 1.53. The molecule has 2 heteroatoms. The summed E-state index contributed by atoms with van der Waals surface area (Å²) in [6.45, 7) is 8.91. The first-order valence-corrected chi connectivity index (χ1v) is 13.3. The zero-order chi connectivity index (χ0) is 23.6. The van der Waals surface area contributed by atoms with Gasteiger partial charge in [-0.25, -0.2) is 4.70 Å². The lowest BCUT2D eigenvalue weighted by Gasteiger charge is -2.11. The lowest BCUT2D eigenvalue weighted by atomic mass is 9.91. The summed E-state index contributed by atoms with van der Waals surface area (Å²) >= 11 is 0. The van der Waals surface area contributed by atoms with Gasteiger partial charge in [0.05, 0.1) is 0 Å². The van der Waals surface area contributed by atoms with Crippen molar-refractivity contribution < 1.29 is 4.70 Å². The molecule has 1 heterocycles. The van der Waals surface area contributed by atoms with Crippen LogP contribution in [-0.4, -0.2) is 4.70 Å². The van der Waals surface area contributed by atoms with Gasteiger partial charge in [-0.2, -0.15) is 0 Å². The largest absolute Gasteiger partial charge is 0.493 e. The molecule has 3 rings (SSSR count). The molecule has 1 aliphatic heterocycles. The van der Waals surface area contributed by atoms with Crippen molar-refractivity contribution in [2.24, 2.45) is 0 Å². The predicted molar refractivity (Wildman–Crippen MR) is 142 cm³/mol. The van der Waals surface area contributed by atoms with Gasteiger partial charge in [0.2, 0.25) is 11.4 Å². The quantitative estimate of drug-likeness (QED) is 0.218. The summed E-state index contributed by atoms with van der Waals surface area (Å²) in [5.74, 6) is 0. The molecule has 2 aromatic rings. The number of unbranched alkanes of at least 4 members (excludes halogenated alkanes) is 5. The smallest absolute Gasteiger partial charge is 0.211 e. The summed E-state index contributed by atoms with van der Waals surface area (Å²) in [6.07, 6.45) is 12.6. The second-order valence-corrected chi connectivity index (χ2v) is 9.34. The molecular formula is C31H42N2. The SMILES string of the molecule is CCCCCCC1=C(c2cccc(CC)c2)[N+](=[N-])C(c2cccc(CC)c2)=C1CCCCC. The molecule has 0 spiro atoms. The maximum Gasteiger partial charge on any atom is 0.211 e. The van der Waals surface area contributed by atoms with Gasteiger partial charge in [-0.05, 0) is 73.9 Å². The van der Waals surface area contributed by atoms with Gasteiger partial charge >= 0.3 is 0 Å². The van der Waals surface area contributed by atoms with Crippen LogP contribution in [0.1, 0.15) is 108 Å². The van der Waals surface area contributed by atoms with Crippen molar-refractivity contribution in [3.8, 4) is 0 Å². The third-order valence-electron chi connectivity index (χ3n) is 6.89. The molecule has 33 heavy (non-hydrogen) atoms.